The number of benzene rings is 1. The van der Waals surface area contributed by atoms with Crippen molar-refractivity contribution in [3.8, 4) is 11.5 Å². The maximum atomic E-state index is 12.2. The highest BCUT2D eigenvalue weighted by Gasteiger charge is 2.16. The maximum Gasteiger partial charge on any atom is 0.256 e. The molecule has 19 heavy (non-hydrogen) atoms. The summed E-state index contributed by atoms with van der Waals surface area (Å²) in [6.07, 6.45) is 0. The SMILES string of the molecule is Cc1scc(C(=O)Nc2ccc3c(c2)OCO3)c1C. The van der Waals surface area contributed by atoms with Gasteiger partial charge in [0.1, 0.15) is 0 Å². The average Bonchev–Trinajstić information content (AvgIpc) is 2.97. The van der Waals surface area contributed by atoms with E-state index < -0.39 is 0 Å². The Bertz CT molecular complexity index is 648. The molecule has 0 fully saturated rings. The van der Waals surface area contributed by atoms with Crippen LogP contribution in [0.5, 0.6) is 11.5 Å². The number of rotatable bonds is 2. The fourth-order valence-corrected chi connectivity index (χ4v) is 2.78. The Kier molecular flexibility index (Phi) is 2.91. The molecule has 1 aliphatic rings. The molecule has 0 bridgehead atoms. The summed E-state index contributed by atoms with van der Waals surface area (Å²) in [4.78, 5) is 13.3. The van der Waals surface area contributed by atoms with Gasteiger partial charge in [-0.2, -0.15) is 0 Å². The molecule has 1 aliphatic heterocycles. The molecule has 1 N–H and O–H groups in total. The molecule has 0 atom stereocenters. The summed E-state index contributed by atoms with van der Waals surface area (Å²) in [7, 11) is 0. The molecule has 4 nitrogen and oxygen atoms in total. The van der Waals surface area contributed by atoms with E-state index in [9.17, 15) is 4.79 Å². The van der Waals surface area contributed by atoms with Crippen molar-refractivity contribution in [2.45, 2.75) is 13.8 Å². The molecule has 3 rings (SSSR count). The van der Waals surface area contributed by atoms with Crippen LogP contribution in [0.4, 0.5) is 5.69 Å². The third-order valence-electron chi connectivity index (χ3n) is 3.16. The quantitative estimate of drug-likeness (QED) is 0.914. The lowest BCUT2D eigenvalue weighted by atomic mass is 10.1. The average molecular weight is 275 g/mol. The highest BCUT2D eigenvalue weighted by Crippen LogP contribution is 2.34. The topological polar surface area (TPSA) is 47.6 Å². The van der Waals surface area contributed by atoms with Gasteiger partial charge in [-0.05, 0) is 31.5 Å². The first kappa shape index (κ1) is 12.0. The van der Waals surface area contributed by atoms with E-state index in [2.05, 4.69) is 5.32 Å². The fourth-order valence-electron chi connectivity index (χ4n) is 1.91. The number of nitrogens with one attached hydrogen (secondary N) is 1. The lowest BCUT2D eigenvalue weighted by molar-refractivity contribution is 0.102. The number of ether oxygens (including phenoxy) is 2. The van der Waals surface area contributed by atoms with Crippen LogP contribution in [0.15, 0.2) is 23.6 Å². The van der Waals surface area contributed by atoms with Gasteiger partial charge in [-0.25, -0.2) is 0 Å². The summed E-state index contributed by atoms with van der Waals surface area (Å²) in [5, 5.41) is 4.76. The summed E-state index contributed by atoms with van der Waals surface area (Å²) in [5.74, 6) is 1.28. The molecular weight excluding hydrogens is 262 g/mol. The monoisotopic (exact) mass is 275 g/mol. The lowest BCUT2D eigenvalue weighted by Crippen LogP contribution is -2.12. The fraction of sp³-hybridized carbons (Fsp3) is 0.214. The summed E-state index contributed by atoms with van der Waals surface area (Å²) in [6, 6.07) is 5.37. The number of fused-ring (bicyclic) bond motifs is 1. The zero-order valence-corrected chi connectivity index (χ0v) is 11.5. The molecule has 5 heteroatoms. The van der Waals surface area contributed by atoms with Crippen LogP contribution in [0, 0.1) is 13.8 Å². The second-order valence-electron chi connectivity index (χ2n) is 4.35. The Morgan fingerprint density at radius 3 is 2.79 bits per heavy atom. The zero-order valence-electron chi connectivity index (χ0n) is 10.6. The van der Waals surface area contributed by atoms with Gasteiger partial charge in [-0.15, -0.1) is 11.3 Å². The number of hydrogen-bond acceptors (Lipinski definition) is 4. The van der Waals surface area contributed by atoms with Gasteiger partial charge >= 0.3 is 0 Å². The van der Waals surface area contributed by atoms with E-state index in [4.69, 9.17) is 9.47 Å². The molecule has 1 aromatic carbocycles. The standard InChI is InChI=1S/C14H13NO3S/c1-8-9(2)19-6-11(8)14(16)15-10-3-4-12-13(5-10)18-7-17-12/h3-6H,7H2,1-2H3,(H,15,16). The number of carbonyl (C=O) groups is 1. The van der Waals surface area contributed by atoms with Crippen molar-refractivity contribution in [1.29, 1.82) is 0 Å². The van der Waals surface area contributed by atoms with Crippen LogP contribution in [0.25, 0.3) is 0 Å². The predicted octanol–water partition coefficient (Wildman–Crippen LogP) is 3.35. The van der Waals surface area contributed by atoms with Crippen LogP contribution in [-0.2, 0) is 0 Å². The normalized spacial score (nSPS) is 12.5. The number of thiophene rings is 1. The first-order valence-corrected chi connectivity index (χ1v) is 6.79. The Balaban J connectivity index is 1.82. The minimum absolute atomic E-state index is 0.0966. The van der Waals surface area contributed by atoms with Crippen molar-refractivity contribution in [3.05, 3.63) is 39.6 Å². The highest BCUT2D eigenvalue weighted by molar-refractivity contribution is 7.10. The molecule has 2 heterocycles. The molecule has 0 saturated carbocycles. The maximum absolute atomic E-state index is 12.2. The molecule has 0 spiro atoms. The van der Waals surface area contributed by atoms with E-state index in [-0.39, 0.29) is 12.7 Å². The summed E-state index contributed by atoms with van der Waals surface area (Å²) in [6.45, 7) is 4.20. The van der Waals surface area contributed by atoms with Crippen LogP contribution in [0.1, 0.15) is 20.8 Å². The molecule has 1 aromatic heterocycles. The van der Waals surface area contributed by atoms with E-state index in [0.717, 1.165) is 16.0 Å². The third kappa shape index (κ3) is 2.17. The van der Waals surface area contributed by atoms with Crippen molar-refractivity contribution in [1.82, 2.24) is 0 Å². The number of amides is 1. The van der Waals surface area contributed by atoms with Gasteiger partial charge in [0.2, 0.25) is 6.79 Å². The Morgan fingerprint density at radius 1 is 1.26 bits per heavy atom. The summed E-state index contributed by atoms with van der Waals surface area (Å²) < 4.78 is 10.5. The first-order chi connectivity index (χ1) is 9.15. The van der Waals surface area contributed by atoms with E-state index in [0.29, 0.717) is 17.2 Å². The number of anilines is 1. The summed E-state index contributed by atoms with van der Waals surface area (Å²) in [5.41, 5.74) is 2.46. The van der Waals surface area contributed by atoms with Crippen molar-refractivity contribution in [3.63, 3.8) is 0 Å². The van der Waals surface area contributed by atoms with Crippen LogP contribution in [0.2, 0.25) is 0 Å². The Morgan fingerprint density at radius 2 is 2.05 bits per heavy atom. The number of hydrogen-bond donors (Lipinski definition) is 1. The second-order valence-corrected chi connectivity index (χ2v) is 5.44. The van der Waals surface area contributed by atoms with E-state index in [1.165, 1.54) is 0 Å². The van der Waals surface area contributed by atoms with Crippen molar-refractivity contribution in [2.24, 2.45) is 0 Å². The minimum atomic E-state index is -0.0966. The molecule has 98 valence electrons. The Hall–Kier alpha value is -2.01. The molecule has 1 amide bonds. The van der Waals surface area contributed by atoms with Gasteiger partial charge in [0.05, 0.1) is 5.56 Å². The number of carbonyl (C=O) groups excluding carboxylic acids is 1. The molecule has 2 aromatic rings. The van der Waals surface area contributed by atoms with Gasteiger partial charge in [0.15, 0.2) is 11.5 Å². The third-order valence-corrected chi connectivity index (χ3v) is 4.17. The van der Waals surface area contributed by atoms with E-state index in [1.54, 1.807) is 29.5 Å². The first-order valence-electron chi connectivity index (χ1n) is 5.91. The molecule has 0 saturated heterocycles. The smallest absolute Gasteiger partial charge is 0.256 e. The largest absolute Gasteiger partial charge is 0.454 e. The van der Waals surface area contributed by atoms with Crippen LogP contribution >= 0.6 is 11.3 Å². The van der Waals surface area contributed by atoms with Crippen LogP contribution in [0.3, 0.4) is 0 Å². The van der Waals surface area contributed by atoms with E-state index in [1.807, 2.05) is 19.2 Å². The van der Waals surface area contributed by atoms with Gasteiger partial charge in [-0.1, -0.05) is 0 Å². The Labute approximate surface area is 115 Å². The number of aryl methyl sites for hydroxylation is 1. The zero-order chi connectivity index (χ0) is 13.4. The van der Waals surface area contributed by atoms with Crippen molar-refractivity contribution < 1.29 is 14.3 Å². The van der Waals surface area contributed by atoms with Gasteiger partial charge in [0, 0.05) is 22.0 Å². The van der Waals surface area contributed by atoms with E-state index >= 15 is 0 Å². The molecule has 0 aliphatic carbocycles. The van der Waals surface area contributed by atoms with Crippen molar-refractivity contribution in [2.75, 3.05) is 12.1 Å². The molecule has 0 radical (unpaired) electrons. The lowest BCUT2D eigenvalue weighted by Gasteiger charge is -2.06. The van der Waals surface area contributed by atoms with Gasteiger partial charge in [-0.3, -0.25) is 4.79 Å². The summed E-state index contributed by atoms with van der Waals surface area (Å²) >= 11 is 1.58. The van der Waals surface area contributed by atoms with Crippen LogP contribution < -0.4 is 14.8 Å². The van der Waals surface area contributed by atoms with Gasteiger partial charge in [0.25, 0.3) is 5.91 Å². The highest BCUT2D eigenvalue weighted by atomic mass is 32.1. The molecule has 0 unspecified atom stereocenters. The van der Waals surface area contributed by atoms with Gasteiger partial charge < -0.3 is 14.8 Å². The van der Waals surface area contributed by atoms with Crippen molar-refractivity contribution >= 4 is 22.9 Å². The predicted molar refractivity (Wildman–Crippen MR) is 74.3 cm³/mol. The second kappa shape index (κ2) is 4.59. The molecular formula is C14H13NO3S. The minimum Gasteiger partial charge on any atom is -0.454 e. The van der Waals surface area contributed by atoms with Crippen LogP contribution in [-0.4, -0.2) is 12.7 Å².